The number of ether oxygens (including phenoxy) is 1. The largest absolute Gasteiger partial charge is 0.497 e. The Hall–Kier alpha value is -2.35. The highest BCUT2D eigenvalue weighted by Crippen LogP contribution is 2.44. The highest BCUT2D eigenvalue weighted by molar-refractivity contribution is 5.99. The molecule has 0 aromatic heterocycles. The van der Waals surface area contributed by atoms with Crippen LogP contribution in [0.2, 0.25) is 0 Å². The van der Waals surface area contributed by atoms with E-state index in [1.807, 2.05) is 24.3 Å². The van der Waals surface area contributed by atoms with E-state index >= 15 is 0 Å². The quantitative estimate of drug-likeness (QED) is 0.473. The Kier molecular flexibility index (Phi) is 8.06. The lowest BCUT2D eigenvalue weighted by molar-refractivity contribution is -0.110. The predicted molar refractivity (Wildman–Crippen MR) is 129 cm³/mol. The summed E-state index contributed by atoms with van der Waals surface area (Å²) >= 11 is 0. The molecule has 3 rings (SSSR count). The number of hydrogen-bond donors (Lipinski definition) is 0. The maximum Gasteiger partial charge on any atom is 0.178 e. The van der Waals surface area contributed by atoms with Gasteiger partial charge in [-0.2, -0.15) is 0 Å². The fourth-order valence-electron chi connectivity index (χ4n) is 3.58. The van der Waals surface area contributed by atoms with Crippen LogP contribution >= 0.6 is 0 Å². The van der Waals surface area contributed by atoms with E-state index in [9.17, 15) is 4.79 Å². The lowest BCUT2D eigenvalue weighted by Gasteiger charge is -2.37. The van der Waals surface area contributed by atoms with Gasteiger partial charge in [0.05, 0.1) is 7.11 Å². The fraction of sp³-hybridized carbons (Fsp3) is 0.464. The number of hydrogen-bond acceptors (Lipinski definition) is 2. The summed E-state index contributed by atoms with van der Waals surface area (Å²) in [6.45, 7) is 14.0. The Morgan fingerprint density at radius 1 is 0.967 bits per heavy atom. The van der Waals surface area contributed by atoms with E-state index < -0.39 is 0 Å². The number of carbonyl (C=O) groups excluding carboxylic acids is 1. The first-order chi connectivity index (χ1) is 14.0. The van der Waals surface area contributed by atoms with Crippen LogP contribution in [-0.4, -0.2) is 12.9 Å². The summed E-state index contributed by atoms with van der Waals surface area (Å²) in [5, 5.41) is 0. The molecular formula is C28H38O2. The zero-order chi connectivity index (χ0) is 22.4. The van der Waals surface area contributed by atoms with Crippen LogP contribution in [0.1, 0.15) is 66.4 Å². The molecule has 0 spiro atoms. The number of ketones is 1. The lowest BCUT2D eigenvalue weighted by atomic mass is 9.68. The standard InChI is InChI=1S/C22H32O.C6H6O/c1-21(2,3)18-13-17(14-19(15-18)22(4,5)6)12-16-8-10-20(23-7)11-9-16;7-6-4-2-1-3-5-6/h8-12,15,18H,13-14H2,1-7H3;2-5H,1H2. The summed E-state index contributed by atoms with van der Waals surface area (Å²) in [5.41, 5.74) is 4.92. The normalized spacial score (nSPS) is 20.5. The summed E-state index contributed by atoms with van der Waals surface area (Å²) in [5.74, 6) is 1.62. The van der Waals surface area contributed by atoms with Gasteiger partial charge in [0.1, 0.15) is 5.75 Å². The maximum absolute atomic E-state index is 10.3. The molecule has 2 heteroatoms. The second-order valence-corrected chi connectivity index (χ2v) is 10.3. The number of allylic oxidation sites excluding steroid dienone is 7. The summed E-state index contributed by atoms with van der Waals surface area (Å²) in [4.78, 5) is 10.3. The molecule has 2 aliphatic rings. The minimum Gasteiger partial charge on any atom is -0.497 e. The predicted octanol–water partition coefficient (Wildman–Crippen LogP) is 7.58. The molecule has 0 heterocycles. The van der Waals surface area contributed by atoms with Crippen LogP contribution in [0.3, 0.4) is 0 Å². The molecule has 2 aliphatic carbocycles. The minimum atomic E-state index is 0.103. The van der Waals surface area contributed by atoms with Gasteiger partial charge in [-0.25, -0.2) is 0 Å². The molecule has 2 nitrogen and oxygen atoms in total. The summed E-state index contributed by atoms with van der Waals surface area (Å²) < 4.78 is 5.25. The molecule has 0 amide bonds. The second-order valence-electron chi connectivity index (χ2n) is 10.3. The Bertz CT molecular complexity index is 820. The third-order valence-electron chi connectivity index (χ3n) is 5.70. The third-order valence-corrected chi connectivity index (χ3v) is 5.70. The minimum absolute atomic E-state index is 0.103. The van der Waals surface area contributed by atoms with Crippen molar-refractivity contribution in [3.63, 3.8) is 0 Å². The van der Waals surface area contributed by atoms with Crippen molar-refractivity contribution in [3.05, 3.63) is 71.4 Å². The van der Waals surface area contributed by atoms with Crippen molar-refractivity contribution in [2.24, 2.45) is 16.7 Å². The highest BCUT2D eigenvalue weighted by Gasteiger charge is 2.30. The highest BCUT2D eigenvalue weighted by atomic mass is 16.5. The Labute approximate surface area is 183 Å². The van der Waals surface area contributed by atoms with Gasteiger partial charge >= 0.3 is 0 Å². The van der Waals surface area contributed by atoms with Gasteiger partial charge in [-0.05, 0) is 65.9 Å². The number of rotatable bonds is 2. The van der Waals surface area contributed by atoms with E-state index in [1.165, 1.54) is 5.56 Å². The number of methoxy groups -OCH3 is 1. The average molecular weight is 407 g/mol. The molecule has 0 fully saturated rings. The lowest BCUT2D eigenvalue weighted by Crippen LogP contribution is -2.25. The van der Waals surface area contributed by atoms with Gasteiger partial charge in [-0.3, -0.25) is 4.79 Å². The van der Waals surface area contributed by atoms with Crippen molar-refractivity contribution in [1.29, 1.82) is 0 Å². The topological polar surface area (TPSA) is 26.3 Å². The first-order valence-corrected chi connectivity index (χ1v) is 10.9. The molecule has 0 saturated heterocycles. The molecule has 0 bridgehead atoms. The summed E-state index contributed by atoms with van der Waals surface area (Å²) in [6, 6.07) is 8.37. The molecule has 162 valence electrons. The molecule has 0 aliphatic heterocycles. The van der Waals surface area contributed by atoms with Crippen molar-refractivity contribution in [3.8, 4) is 5.75 Å². The van der Waals surface area contributed by atoms with Gasteiger partial charge < -0.3 is 4.74 Å². The smallest absolute Gasteiger partial charge is 0.178 e. The molecule has 1 aromatic carbocycles. The van der Waals surface area contributed by atoms with Crippen molar-refractivity contribution < 1.29 is 9.53 Å². The molecule has 1 aromatic rings. The van der Waals surface area contributed by atoms with Crippen molar-refractivity contribution >= 4 is 11.9 Å². The molecule has 30 heavy (non-hydrogen) atoms. The van der Waals surface area contributed by atoms with Gasteiger partial charge in [0.15, 0.2) is 5.78 Å². The van der Waals surface area contributed by atoms with Crippen LogP contribution in [0.4, 0.5) is 0 Å². The SMILES string of the molecule is COc1ccc(C=C2CC(C(C)(C)C)=CC(C(C)(C)C)C2)cc1.O=C1C=CCC=C1. The van der Waals surface area contributed by atoms with E-state index in [2.05, 4.69) is 65.8 Å². The number of carbonyl (C=O) groups is 1. The first-order valence-electron chi connectivity index (χ1n) is 10.9. The Morgan fingerprint density at radius 2 is 1.57 bits per heavy atom. The van der Waals surface area contributed by atoms with Crippen LogP contribution in [0.15, 0.2) is 65.8 Å². The van der Waals surface area contributed by atoms with Crippen molar-refractivity contribution in [1.82, 2.24) is 0 Å². The van der Waals surface area contributed by atoms with E-state index in [0.717, 1.165) is 25.0 Å². The summed E-state index contributed by atoms with van der Waals surface area (Å²) in [6.07, 6.45) is 15.0. The molecule has 1 atom stereocenters. The van der Waals surface area contributed by atoms with Crippen LogP contribution in [-0.2, 0) is 4.79 Å². The molecule has 0 radical (unpaired) electrons. The monoisotopic (exact) mass is 406 g/mol. The molecule has 0 saturated carbocycles. The second kappa shape index (κ2) is 10.1. The van der Waals surface area contributed by atoms with E-state index in [1.54, 1.807) is 30.4 Å². The first kappa shape index (κ1) is 23.9. The van der Waals surface area contributed by atoms with Crippen LogP contribution in [0, 0.1) is 16.7 Å². The zero-order valence-electron chi connectivity index (χ0n) is 19.8. The average Bonchev–Trinajstić information content (AvgIpc) is 2.68. The van der Waals surface area contributed by atoms with Gasteiger partial charge in [0.2, 0.25) is 0 Å². The van der Waals surface area contributed by atoms with Gasteiger partial charge in [-0.1, -0.05) is 89.1 Å². The Morgan fingerprint density at radius 3 is 2.00 bits per heavy atom. The third kappa shape index (κ3) is 7.48. The van der Waals surface area contributed by atoms with E-state index in [0.29, 0.717) is 11.3 Å². The van der Waals surface area contributed by atoms with Gasteiger partial charge in [0, 0.05) is 0 Å². The Balaban J connectivity index is 0.000000386. The zero-order valence-corrected chi connectivity index (χ0v) is 19.8. The molecule has 0 N–H and O–H groups in total. The van der Waals surface area contributed by atoms with Crippen LogP contribution in [0.5, 0.6) is 5.75 Å². The van der Waals surface area contributed by atoms with Crippen molar-refractivity contribution in [2.45, 2.75) is 60.8 Å². The molecular weight excluding hydrogens is 368 g/mol. The van der Waals surface area contributed by atoms with Crippen LogP contribution in [0.25, 0.3) is 6.08 Å². The van der Waals surface area contributed by atoms with Gasteiger partial charge in [0.25, 0.3) is 0 Å². The van der Waals surface area contributed by atoms with E-state index in [-0.39, 0.29) is 11.2 Å². The van der Waals surface area contributed by atoms with Crippen LogP contribution < -0.4 is 4.74 Å². The van der Waals surface area contributed by atoms with Crippen molar-refractivity contribution in [2.75, 3.05) is 7.11 Å². The molecule has 1 unspecified atom stereocenters. The fourth-order valence-corrected chi connectivity index (χ4v) is 3.58. The van der Waals surface area contributed by atoms with E-state index in [4.69, 9.17) is 4.74 Å². The van der Waals surface area contributed by atoms with Gasteiger partial charge in [-0.15, -0.1) is 0 Å². The maximum atomic E-state index is 10.3. The number of benzene rings is 1. The summed E-state index contributed by atoms with van der Waals surface area (Å²) in [7, 11) is 1.71.